The lowest BCUT2D eigenvalue weighted by Crippen LogP contribution is -2.37. The van der Waals surface area contributed by atoms with Crippen molar-refractivity contribution < 1.29 is 4.79 Å². The molecule has 3 rings (SSSR count). The molecule has 1 aromatic rings. The Labute approximate surface area is 141 Å². The largest absolute Gasteiger partial charge is 0.356 e. The fraction of sp³-hybridized carbons (Fsp3) is 0.706. The maximum atomic E-state index is 12.5. The molecule has 22 heavy (non-hydrogen) atoms. The third kappa shape index (κ3) is 4.13. The van der Waals surface area contributed by atoms with Crippen molar-refractivity contribution in [3.8, 4) is 0 Å². The van der Waals surface area contributed by atoms with E-state index in [4.69, 9.17) is 0 Å². The Balaban J connectivity index is 1.52. The first kappa shape index (κ1) is 16.1. The lowest BCUT2D eigenvalue weighted by atomic mass is 9.89. The van der Waals surface area contributed by atoms with Gasteiger partial charge in [0.25, 0.3) is 5.91 Å². The van der Waals surface area contributed by atoms with Crippen LogP contribution in [-0.4, -0.2) is 53.4 Å². The fourth-order valence-electron chi connectivity index (χ4n) is 3.75. The van der Waals surface area contributed by atoms with Gasteiger partial charge >= 0.3 is 0 Å². The summed E-state index contributed by atoms with van der Waals surface area (Å²) in [5.74, 6) is 1.01. The quantitative estimate of drug-likeness (QED) is 0.887. The SMILES string of the molecule is O=C(c1cc(Br)c[nH]1)N1CCCN(CC2CCCCC2)CC1. The minimum absolute atomic E-state index is 0.130. The van der Waals surface area contributed by atoms with Crippen LogP contribution in [0.25, 0.3) is 0 Å². The highest BCUT2D eigenvalue weighted by Crippen LogP contribution is 2.25. The van der Waals surface area contributed by atoms with Gasteiger partial charge in [-0.2, -0.15) is 0 Å². The molecule has 2 fully saturated rings. The van der Waals surface area contributed by atoms with E-state index in [0.29, 0.717) is 5.69 Å². The lowest BCUT2D eigenvalue weighted by Gasteiger charge is -2.28. The van der Waals surface area contributed by atoms with Gasteiger partial charge in [0.05, 0.1) is 0 Å². The van der Waals surface area contributed by atoms with Crippen molar-refractivity contribution in [2.24, 2.45) is 5.92 Å². The van der Waals surface area contributed by atoms with Crippen LogP contribution in [-0.2, 0) is 0 Å². The normalized spacial score (nSPS) is 21.8. The summed E-state index contributed by atoms with van der Waals surface area (Å²) in [5, 5.41) is 0. The molecular weight excluding hydrogens is 342 g/mol. The van der Waals surface area contributed by atoms with Gasteiger partial charge in [0.2, 0.25) is 0 Å². The number of H-pyrrole nitrogens is 1. The summed E-state index contributed by atoms with van der Waals surface area (Å²) in [4.78, 5) is 20.1. The maximum Gasteiger partial charge on any atom is 0.270 e. The van der Waals surface area contributed by atoms with Crippen molar-refractivity contribution in [2.75, 3.05) is 32.7 Å². The number of hydrogen-bond acceptors (Lipinski definition) is 2. The van der Waals surface area contributed by atoms with Gasteiger partial charge in [-0.3, -0.25) is 4.79 Å². The number of amides is 1. The van der Waals surface area contributed by atoms with Gasteiger partial charge in [-0.25, -0.2) is 0 Å². The molecule has 5 heteroatoms. The van der Waals surface area contributed by atoms with Crippen LogP contribution in [0.4, 0.5) is 0 Å². The number of aromatic amines is 1. The van der Waals surface area contributed by atoms with Gasteiger partial charge in [0.1, 0.15) is 5.69 Å². The molecule has 1 amide bonds. The first-order chi connectivity index (χ1) is 10.7. The van der Waals surface area contributed by atoms with E-state index < -0.39 is 0 Å². The van der Waals surface area contributed by atoms with Crippen LogP contribution in [0.3, 0.4) is 0 Å². The Morgan fingerprint density at radius 2 is 1.95 bits per heavy atom. The molecule has 1 saturated carbocycles. The van der Waals surface area contributed by atoms with Gasteiger partial charge in [-0.05, 0) is 53.7 Å². The molecule has 0 atom stereocenters. The molecule has 2 aliphatic rings. The van der Waals surface area contributed by atoms with Crippen molar-refractivity contribution in [1.29, 1.82) is 0 Å². The van der Waals surface area contributed by atoms with Gasteiger partial charge in [0.15, 0.2) is 0 Å². The summed E-state index contributed by atoms with van der Waals surface area (Å²) < 4.78 is 0.935. The number of carbonyl (C=O) groups excluding carboxylic acids is 1. The Bertz CT molecular complexity index is 496. The van der Waals surface area contributed by atoms with Crippen LogP contribution in [0, 0.1) is 5.92 Å². The molecule has 0 radical (unpaired) electrons. The Kier molecular flexibility index (Phi) is 5.58. The van der Waals surface area contributed by atoms with Crippen LogP contribution >= 0.6 is 15.9 Å². The average molecular weight is 368 g/mol. The van der Waals surface area contributed by atoms with Crippen LogP contribution < -0.4 is 0 Å². The molecule has 1 N–H and O–H groups in total. The Morgan fingerprint density at radius 3 is 2.68 bits per heavy atom. The number of nitrogens with one attached hydrogen (secondary N) is 1. The number of carbonyl (C=O) groups is 1. The van der Waals surface area contributed by atoms with E-state index in [2.05, 4.69) is 25.8 Å². The summed E-state index contributed by atoms with van der Waals surface area (Å²) in [7, 11) is 0. The monoisotopic (exact) mass is 367 g/mol. The Hall–Kier alpha value is -0.810. The van der Waals surface area contributed by atoms with E-state index in [9.17, 15) is 4.79 Å². The lowest BCUT2D eigenvalue weighted by molar-refractivity contribution is 0.0754. The standard InChI is InChI=1S/C17H26BrN3O/c18-15-11-16(19-12-15)17(22)21-8-4-7-20(9-10-21)13-14-5-2-1-3-6-14/h11-12,14,19H,1-10,13H2. The molecule has 1 aromatic heterocycles. The molecule has 4 nitrogen and oxygen atoms in total. The summed E-state index contributed by atoms with van der Waals surface area (Å²) in [6.07, 6.45) is 9.94. The van der Waals surface area contributed by atoms with E-state index in [0.717, 1.165) is 43.0 Å². The predicted octanol–water partition coefficient (Wildman–Crippen LogP) is 3.51. The number of nitrogens with zero attached hydrogens (tertiary/aromatic N) is 2. The number of rotatable bonds is 3. The number of aromatic nitrogens is 1. The molecule has 0 unspecified atom stereocenters. The topological polar surface area (TPSA) is 39.3 Å². The van der Waals surface area contributed by atoms with Crippen molar-refractivity contribution >= 4 is 21.8 Å². The molecular formula is C17H26BrN3O. The zero-order chi connectivity index (χ0) is 15.4. The molecule has 1 aliphatic heterocycles. The zero-order valence-electron chi connectivity index (χ0n) is 13.2. The first-order valence-electron chi connectivity index (χ1n) is 8.58. The van der Waals surface area contributed by atoms with Crippen LogP contribution in [0.15, 0.2) is 16.7 Å². The maximum absolute atomic E-state index is 12.5. The minimum atomic E-state index is 0.130. The van der Waals surface area contributed by atoms with Crippen molar-refractivity contribution in [3.63, 3.8) is 0 Å². The summed E-state index contributed by atoms with van der Waals surface area (Å²) in [6, 6.07) is 1.87. The highest BCUT2D eigenvalue weighted by atomic mass is 79.9. The fourth-order valence-corrected chi connectivity index (χ4v) is 4.10. The van der Waals surface area contributed by atoms with Crippen LogP contribution in [0.1, 0.15) is 49.0 Å². The third-order valence-corrected chi connectivity index (χ3v) is 5.45. The van der Waals surface area contributed by atoms with Crippen LogP contribution in [0.2, 0.25) is 0 Å². The minimum Gasteiger partial charge on any atom is -0.356 e. The van der Waals surface area contributed by atoms with E-state index in [1.54, 1.807) is 0 Å². The summed E-state index contributed by atoms with van der Waals surface area (Å²) in [5.41, 5.74) is 0.688. The predicted molar refractivity (Wildman–Crippen MR) is 92.0 cm³/mol. The van der Waals surface area contributed by atoms with Crippen LogP contribution in [0.5, 0.6) is 0 Å². The van der Waals surface area contributed by atoms with Gasteiger partial charge < -0.3 is 14.8 Å². The molecule has 2 heterocycles. The number of hydrogen-bond donors (Lipinski definition) is 1. The summed E-state index contributed by atoms with van der Waals surface area (Å²) >= 11 is 3.39. The number of halogens is 1. The highest BCUT2D eigenvalue weighted by molar-refractivity contribution is 9.10. The zero-order valence-corrected chi connectivity index (χ0v) is 14.8. The van der Waals surface area contributed by atoms with Crippen molar-refractivity contribution in [1.82, 2.24) is 14.8 Å². The second-order valence-corrected chi connectivity index (χ2v) is 7.60. The van der Waals surface area contributed by atoms with Gasteiger partial charge in [-0.15, -0.1) is 0 Å². The van der Waals surface area contributed by atoms with E-state index in [-0.39, 0.29) is 5.91 Å². The molecule has 0 spiro atoms. The van der Waals surface area contributed by atoms with Crippen molar-refractivity contribution in [3.05, 3.63) is 22.4 Å². The molecule has 1 aliphatic carbocycles. The highest BCUT2D eigenvalue weighted by Gasteiger charge is 2.23. The van der Waals surface area contributed by atoms with E-state index in [1.807, 2.05) is 17.2 Å². The van der Waals surface area contributed by atoms with Gasteiger partial charge in [0, 0.05) is 36.8 Å². The second-order valence-electron chi connectivity index (χ2n) is 6.68. The molecule has 1 saturated heterocycles. The van der Waals surface area contributed by atoms with Crippen molar-refractivity contribution in [2.45, 2.75) is 38.5 Å². The smallest absolute Gasteiger partial charge is 0.270 e. The average Bonchev–Trinajstić information content (AvgIpc) is 2.83. The second kappa shape index (κ2) is 7.64. The molecule has 0 aromatic carbocycles. The first-order valence-corrected chi connectivity index (χ1v) is 9.37. The van der Waals surface area contributed by atoms with E-state index in [1.165, 1.54) is 38.6 Å². The van der Waals surface area contributed by atoms with E-state index >= 15 is 0 Å². The summed E-state index contributed by atoms with van der Waals surface area (Å²) in [6.45, 7) is 5.10. The molecule has 0 bridgehead atoms. The molecule has 122 valence electrons. The Morgan fingerprint density at radius 1 is 1.14 bits per heavy atom. The third-order valence-electron chi connectivity index (χ3n) is 5.00. The van der Waals surface area contributed by atoms with Gasteiger partial charge in [-0.1, -0.05) is 19.3 Å².